The minimum Gasteiger partial charge on any atom is -0.322 e. The van der Waals surface area contributed by atoms with Gasteiger partial charge in [0.25, 0.3) is 15.9 Å². The molecule has 31 heavy (non-hydrogen) atoms. The maximum Gasteiger partial charge on any atom is 0.261 e. The first kappa shape index (κ1) is 22.8. The summed E-state index contributed by atoms with van der Waals surface area (Å²) in [6.45, 7) is 0. The van der Waals surface area contributed by atoms with Gasteiger partial charge in [-0.25, -0.2) is 21.6 Å². The number of carbonyl (C=O) groups is 1. The third-order valence-electron chi connectivity index (χ3n) is 4.19. The van der Waals surface area contributed by atoms with Gasteiger partial charge in [0.15, 0.2) is 0 Å². The molecule has 3 rings (SSSR count). The molecule has 0 unspecified atom stereocenters. The summed E-state index contributed by atoms with van der Waals surface area (Å²) < 4.78 is 53.6. The van der Waals surface area contributed by atoms with Gasteiger partial charge in [-0.3, -0.25) is 9.52 Å². The van der Waals surface area contributed by atoms with Gasteiger partial charge in [0.2, 0.25) is 10.0 Å². The fraction of sp³-hybridized carbons (Fsp3) is 0.0500. The average molecular weight is 480 g/mol. The predicted molar refractivity (Wildman–Crippen MR) is 119 cm³/mol. The molecule has 0 atom stereocenters. The number of sulfonamides is 2. The van der Waals surface area contributed by atoms with Gasteiger partial charge in [-0.15, -0.1) is 0 Å². The molecule has 0 saturated heterocycles. The Morgan fingerprint density at radius 3 is 2.13 bits per heavy atom. The van der Waals surface area contributed by atoms with Gasteiger partial charge in [0, 0.05) is 5.69 Å². The molecule has 11 heteroatoms. The molecule has 0 fully saturated rings. The van der Waals surface area contributed by atoms with Crippen LogP contribution in [0.3, 0.4) is 0 Å². The van der Waals surface area contributed by atoms with Crippen LogP contribution in [0.4, 0.5) is 11.4 Å². The predicted octanol–water partition coefficient (Wildman–Crippen LogP) is 3.30. The number of amides is 1. The lowest BCUT2D eigenvalue weighted by Gasteiger charge is -2.12. The highest BCUT2D eigenvalue weighted by Gasteiger charge is 2.18. The largest absolute Gasteiger partial charge is 0.322 e. The van der Waals surface area contributed by atoms with Crippen LogP contribution < -0.4 is 14.8 Å². The summed E-state index contributed by atoms with van der Waals surface area (Å²) in [5, 5.41) is 2.65. The Bertz CT molecular complexity index is 1330. The molecule has 0 saturated carbocycles. The van der Waals surface area contributed by atoms with Crippen LogP contribution >= 0.6 is 11.6 Å². The number of hydrogen-bond donors (Lipinski definition) is 3. The van der Waals surface area contributed by atoms with Gasteiger partial charge in [0.1, 0.15) is 0 Å². The minimum atomic E-state index is -3.80. The number of nitrogens with one attached hydrogen (secondary N) is 3. The van der Waals surface area contributed by atoms with E-state index in [2.05, 4.69) is 14.8 Å². The van der Waals surface area contributed by atoms with Gasteiger partial charge in [0.05, 0.1) is 26.1 Å². The topological polar surface area (TPSA) is 121 Å². The highest BCUT2D eigenvalue weighted by Crippen LogP contribution is 2.23. The number of halogens is 1. The summed E-state index contributed by atoms with van der Waals surface area (Å²) in [6, 6.07) is 17.7. The van der Waals surface area contributed by atoms with E-state index in [1.165, 1.54) is 43.4 Å². The molecular formula is C20H18ClN3O5S2. The van der Waals surface area contributed by atoms with E-state index in [1.54, 1.807) is 30.3 Å². The molecule has 0 radical (unpaired) electrons. The number of anilines is 2. The first-order valence-electron chi connectivity index (χ1n) is 8.85. The second-order valence-corrected chi connectivity index (χ2v) is 10.3. The highest BCUT2D eigenvalue weighted by molar-refractivity contribution is 7.92. The molecule has 0 aliphatic carbocycles. The Hall–Kier alpha value is -2.92. The smallest absolute Gasteiger partial charge is 0.261 e. The lowest BCUT2D eigenvalue weighted by atomic mass is 10.2. The molecule has 3 N–H and O–H groups in total. The lowest BCUT2D eigenvalue weighted by molar-refractivity contribution is 0.102. The number of rotatable bonds is 7. The van der Waals surface area contributed by atoms with Crippen molar-refractivity contribution in [3.63, 3.8) is 0 Å². The summed E-state index contributed by atoms with van der Waals surface area (Å²) in [5.41, 5.74) is 0.476. The van der Waals surface area contributed by atoms with Gasteiger partial charge < -0.3 is 5.32 Å². The van der Waals surface area contributed by atoms with Gasteiger partial charge >= 0.3 is 0 Å². The van der Waals surface area contributed by atoms with Crippen LogP contribution in [0.1, 0.15) is 10.4 Å². The molecule has 0 bridgehead atoms. The fourth-order valence-corrected chi connectivity index (χ4v) is 4.67. The van der Waals surface area contributed by atoms with E-state index in [4.69, 9.17) is 11.6 Å². The van der Waals surface area contributed by atoms with Gasteiger partial charge in [-0.1, -0.05) is 35.9 Å². The molecule has 162 valence electrons. The molecule has 0 aromatic heterocycles. The van der Waals surface area contributed by atoms with E-state index >= 15 is 0 Å². The van der Waals surface area contributed by atoms with E-state index < -0.39 is 26.0 Å². The van der Waals surface area contributed by atoms with Crippen molar-refractivity contribution in [3.8, 4) is 0 Å². The van der Waals surface area contributed by atoms with Crippen molar-refractivity contribution in [1.82, 2.24) is 4.72 Å². The van der Waals surface area contributed by atoms with E-state index in [1.807, 2.05) is 0 Å². The maximum absolute atomic E-state index is 12.7. The first-order chi connectivity index (χ1) is 14.6. The number of benzene rings is 3. The van der Waals surface area contributed by atoms with E-state index in [9.17, 15) is 21.6 Å². The number of carbonyl (C=O) groups excluding carboxylic acids is 1. The zero-order valence-electron chi connectivity index (χ0n) is 16.2. The molecule has 8 nitrogen and oxygen atoms in total. The second-order valence-electron chi connectivity index (χ2n) is 6.30. The molecule has 3 aromatic carbocycles. The van der Waals surface area contributed by atoms with Crippen molar-refractivity contribution >= 4 is 48.9 Å². The second kappa shape index (κ2) is 9.06. The van der Waals surface area contributed by atoms with E-state index in [0.717, 1.165) is 6.07 Å². The summed E-state index contributed by atoms with van der Waals surface area (Å²) in [5.74, 6) is -0.652. The molecule has 0 heterocycles. The van der Waals surface area contributed by atoms with Crippen molar-refractivity contribution in [1.29, 1.82) is 0 Å². The standard InChI is InChI=1S/C20H18ClN3O5S2/c1-22-30(26,27)17-10-11-19(21)18(13-17)20(25)23-14-6-5-7-15(12-14)24-31(28,29)16-8-3-2-4-9-16/h2-13,22,24H,1H3,(H,23,25). The Balaban J connectivity index is 1.83. The van der Waals surface area contributed by atoms with Crippen molar-refractivity contribution in [2.45, 2.75) is 9.79 Å². The number of hydrogen-bond acceptors (Lipinski definition) is 5. The Morgan fingerprint density at radius 2 is 1.45 bits per heavy atom. The monoisotopic (exact) mass is 479 g/mol. The third-order valence-corrected chi connectivity index (χ3v) is 7.33. The summed E-state index contributed by atoms with van der Waals surface area (Å²) in [4.78, 5) is 12.7. The van der Waals surface area contributed by atoms with Crippen LogP contribution in [0.5, 0.6) is 0 Å². The molecule has 0 aliphatic rings. The van der Waals surface area contributed by atoms with Crippen LogP contribution in [0.15, 0.2) is 82.6 Å². The Morgan fingerprint density at radius 1 is 0.774 bits per heavy atom. The van der Waals surface area contributed by atoms with E-state index in [0.29, 0.717) is 0 Å². The minimum absolute atomic E-state index is 0.0479. The molecule has 1 amide bonds. The molecular weight excluding hydrogens is 462 g/mol. The molecule has 3 aromatic rings. The van der Waals surface area contributed by atoms with Gasteiger partial charge in [-0.2, -0.15) is 0 Å². The maximum atomic E-state index is 12.7. The zero-order chi connectivity index (χ0) is 22.6. The van der Waals surface area contributed by atoms with Crippen LogP contribution in [0, 0.1) is 0 Å². The fourth-order valence-electron chi connectivity index (χ4n) is 2.64. The van der Waals surface area contributed by atoms with Crippen LogP contribution in [-0.4, -0.2) is 29.8 Å². The molecule has 0 spiro atoms. The zero-order valence-corrected chi connectivity index (χ0v) is 18.6. The Labute approximate surface area is 185 Å². The van der Waals surface area contributed by atoms with Crippen LogP contribution in [0.25, 0.3) is 0 Å². The summed E-state index contributed by atoms with van der Waals surface area (Å²) in [7, 11) is -6.31. The highest BCUT2D eigenvalue weighted by atomic mass is 35.5. The van der Waals surface area contributed by atoms with E-state index in [-0.39, 0.29) is 31.8 Å². The Kier molecular flexibility index (Phi) is 6.65. The van der Waals surface area contributed by atoms with Gasteiger partial charge in [-0.05, 0) is 55.6 Å². The van der Waals surface area contributed by atoms with Crippen LogP contribution in [-0.2, 0) is 20.0 Å². The summed E-state index contributed by atoms with van der Waals surface area (Å²) in [6.07, 6.45) is 0. The van der Waals surface area contributed by atoms with Crippen molar-refractivity contribution in [2.24, 2.45) is 0 Å². The first-order valence-corrected chi connectivity index (χ1v) is 12.2. The van der Waals surface area contributed by atoms with Crippen molar-refractivity contribution < 1.29 is 21.6 Å². The third kappa shape index (κ3) is 5.42. The average Bonchev–Trinajstić information content (AvgIpc) is 2.74. The normalized spacial score (nSPS) is 11.7. The lowest BCUT2D eigenvalue weighted by Crippen LogP contribution is -2.20. The van der Waals surface area contributed by atoms with Crippen molar-refractivity contribution in [3.05, 3.63) is 83.4 Å². The quantitative estimate of drug-likeness (QED) is 0.480. The SMILES string of the molecule is CNS(=O)(=O)c1ccc(Cl)c(C(=O)Nc2cccc(NS(=O)(=O)c3ccccc3)c2)c1. The van der Waals surface area contributed by atoms with Crippen LogP contribution in [0.2, 0.25) is 5.02 Å². The molecule has 0 aliphatic heterocycles. The van der Waals surface area contributed by atoms with Crippen molar-refractivity contribution in [2.75, 3.05) is 17.1 Å². The summed E-state index contributed by atoms with van der Waals surface area (Å²) >= 11 is 6.07.